The van der Waals surface area contributed by atoms with Crippen LogP contribution in [0.25, 0.3) is 0 Å². The molecule has 2 saturated heterocycles. The summed E-state index contributed by atoms with van der Waals surface area (Å²) < 4.78 is 13.1. The van der Waals surface area contributed by atoms with Crippen molar-refractivity contribution >= 4 is 11.9 Å². The van der Waals surface area contributed by atoms with Crippen LogP contribution in [0.5, 0.6) is 0 Å². The van der Waals surface area contributed by atoms with Crippen molar-refractivity contribution in [3.8, 4) is 0 Å². The maximum Gasteiger partial charge on any atom is 0.321 e. The number of fused-ring (bicyclic) bond motifs is 1. The molecule has 0 unspecified atom stereocenters. The third-order valence-electron chi connectivity index (χ3n) is 5.36. The number of rotatable bonds is 4. The Morgan fingerprint density at radius 3 is 2.37 bits per heavy atom. The first-order chi connectivity index (χ1) is 13.0. The van der Waals surface area contributed by atoms with Crippen molar-refractivity contribution in [2.75, 3.05) is 20.1 Å². The van der Waals surface area contributed by atoms with Crippen molar-refractivity contribution in [3.63, 3.8) is 0 Å². The third kappa shape index (κ3) is 3.39. The van der Waals surface area contributed by atoms with E-state index in [1.165, 1.54) is 12.1 Å². The number of piperazine rings is 1. The van der Waals surface area contributed by atoms with Gasteiger partial charge in [-0.15, -0.1) is 0 Å². The minimum atomic E-state index is -0.484. The van der Waals surface area contributed by atoms with E-state index in [0.717, 1.165) is 11.1 Å². The van der Waals surface area contributed by atoms with Gasteiger partial charge >= 0.3 is 6.03 Å². The van der Waals surface area contributed by atoms with Gasteiger partial charge in [0.15, 0.2) is 0 Å². The molecule has 2 aromatic carbocycles. The molecule has 0 aromatic heterocycles. The molecule has 2 atom stereocenters. The highest BCUT2D eigenvalue weighted by Gasteiger charge is 2.48. The molecular weight excluding hydrogens is 345 g/mol. The first-order valence-electron chi connectivity index (χ1n) is 9.13. The van der Waals surface area contributed by atoms with E-state index in [1.807, 2.05) is 30.3 Å². The molecule has 4 rings (SSSR count). The van der Waals surface area contributed by atoms with E-state index in [1.54, 1.807) is 33.9 Å². The number of nitrogens with zero attached hydrogens (tertiary/aromatic N) is 3. The number of benzene rings is 2. The largest absolute Gasteiger partial charge is 0.342 e. The molecule has 2 aromatic rings. The van der Waals surface area contributed by atoms with Gasteiger partial charge in [0, 0.05) is 33.1 Å². The van der Waals surface area contributed by atoms with Crippen molar-refractivity contribution in [1.29, 1.82) is 0 Å². The van der Waals surface area contributed by atoms with Crippen LogP contribution >= 0.6 is 0 Å². The fourth-order valence-corrected chi connectivity index (χ4v) is 4.02. The Bertz CT molecular complexity index is 840. The number of urea groups is 1. The van der Waals surface area contributed by atoms with Crippen LogP contribution in [0.3, 0.4) is 0 Å². The summed E-state index contributed by atoms with van der Waals surface area (Å²) in [6, 6.07) is 15.3. The van der Waals surface area contributed by atoms with Gasteiger partial charge in [0.05, 0.1) is 6.04 Å². The molecule has 6 heteroatoms. The molecular formula is C21H22FN3O2. The molecule has 140 valence electrons. The molecule has 27 heavy (non-hydrogen) atoms. The average molecular weight is 367 g/mol. The highest BCUT2D eigenvalue weighted by atomic mass is 19.1. The summed E-state index contributed by atoms with van der Waals surface area (Å²) in [5, 5.41) is 0. The molecule has 0 radical (unpaired) electrons. The van der Waals surface area contributed by atoms with Crippen LogP contribution in [0.2, 0.25) is 0 Å². The van der Waals surface area contributed by atoms with E-state index in [0.29, 0.717) is 26.1 Å². The number of amides is 3. The number of hydrogen-bond donors (Lipinski definition) is 0. The Balaban J connectivity index is 1.56. The second kappa shape index (κ2) is 7.02. The van der Waals surface area contributed by atoms with E-state index in [2.05, 4.69) is 0 Å². The SMILES string of the molecule is CN1C[C@H]2CN(Cc3ccc(F)cc3)C(=O)N2[C@@H](Cc2ccccc2)C1=O. The number of hydrogen-bond acceptors (Lipinski definition) is 2. The Morgan fingerprint density at radius 2 is 1.67 bits per heavy atom. The lowest BCUT2D eigenvalue weighted by Gasteiger charge is -2.40. The first kappa shape index (κ1) is 17.5. The van der Waals surface area contributed by atoms with Gasteiger partial charge in [-0.05, 0) is 23.3 Å². The van der Waals surface area contributed by atoms with Crippen molar-refractivity contribution < 1.29 is 14.0 Å². The zero-order valence-corrected chi connectivity index (χ0v) is 15.2. The lowest BCUT2D eigenvalue weighted by Crippen LogP contribution is -2.60. The summed E-state index contributed by atoms with van der Waals surface area (Å²) in [7, 11) is 1.80. The fourth-order valence-electron chi connectivity index (χ4n) is 4.02. The lowest BCUT2D eigenvalue weighted by atomic mass is 9.99. The molecule has 3 amide bonds. The predicted molar refractivity (Wildman–Crippen MR) is 99.4 cm³/mol. The van der Waals surface area contributed by atoms with Crippen molar-refractivity contribution in [2.45, 2.75) is 25.0 Å². The highest BCUT2D eigenvalue weighted by molar-refractivity contribution is 5.90. The molecule has 2 aliphatic heterocycles. The van der Waals surface area contributed by atoms with Gasteiger partial charge in [0.25, 0.3) is 0 Å². The summed E-state index contributed by atoms with van der Waals surface area (Å²) in [6.45, 7) is 1.52. The molecule has 0 bridgehead atoms. The monoisotopic (exact) mass is 367 g/mol. The normalized spacial score (nSPS) is 22.4. The zero-order chi connectivity index (χ0) is 19.0. The second-order valence-electron chi connectivity index (χ2n) is 7.27. The second-order valence-corrected chi connectivity index (χ2v) is 7.27. The Morgan fingerprint density at radius 1 is 0.963 bits per heavy atom. The summed E-state index contributed by atoms with van der Waals surface area (Å²) in [5.41, 5.74) is 1.92. The first-order valence-corrected chi connectivity index (χ1v) is 9.13. The smallest absolute Gasteiger partial charge is 0.321 e. The van der Waals surface area contributed by atoms with Crippen LogP contribution < -0.4 is 0 Å². The van der Waals surface area contributed by atoms with E-state index < -0.39 is 6.04 Å². The molecule has 0 saturated carbocycles. The van der Waals surface area contributed by atoms with Gasteiger partial charge in [0.2, 0.25) is 5.91 Å². The summed E-state index contributed by atoms with van der Waals surface area (Å²) in [4.78, 5) is 31.1. The van der Waals surface area contributed by atoms with E-state index in [9.17, 15) is 14.0 Å². The maximum atomic E-state index is 13.1. The van der Waals surface area contributed by atoms with Gasteiger partial charge in [-0.3, -0.25) is 4.79 Å². The van der Waals surface area contributed by atoms with Crippen LogP contribution in [0.4, 0.5) is 9.18 Å². The van der Waals surface area contributed by atoms with Crippen LogP contribution in [0.15, 0.2) is 54.6 Å². The van der Waals surface area contributed by atoms with Crippen LogP contribution in [0, 0.1) is 5.82 Å². The minimum Gasteiger partial charge on any atom is -0.342 e. The Kier molecular flexibility index (Phi) is 4.56. The summed E-state index contributed by atoms with van der Waals surface area (Å²) in [5.74, 6) is -0.314. The van der Waals surface area contributed by atoms with Crippen LogP contribution in [-0.2, 0) is 17.8 Å². The number of halogens is 1. The number of carbonyl (C=O) groups is 2. The molecule has 2 fully saturated rings. The lowest BCUT2D eigenvalue weighted by molar-refractivity contribution is -0.139. The average Bonchev–Trinajstić information content (AvgIpc) is 2.97. The Labute approximate surface area is 158 Å². The van der Waals surface area contributed by atoms with Crippen LogP contribution in [-0.4, -0.2) is 58.9 Å². The van der Waals surface area contributed by atoms with Gasteiger partial charge in [-0.1, -0.05) is 42.5 Å². The summed E-state index contributed by atoms with van der Waals surface area (Å²) in [6.07, 6.45) is 0.511. The Hall–Kier alpha value is -2.89. The zero-order valence-electron chi connectivity index (χ0n) is 15.2. The number of carbonyl (C=O) groups excluding carboxylic acids is 2. The molecule has 2 heterocycles. The standard InChI is InChI=1S/C21H22FN3O2/c1-23-13-18-14-24(12-16-7-9-17(22)10-8-16)21(27)25(18)19(20(23)26)11-15-5-3-2-4-6-15/h2-10,18-19H,11-14H2,1H3/t18-,19-/m0/s1. The van der Waals surface area contributed by atoms with Crippen molar-refractivity contribution in [3.05, 3.63) is 71.5 Å². The van der Waals surface area contributed by atoms with E-state index in [-0.39, 0.29) is 23.8 Å². The fraction of sp³-hybridized carbons (Fsp3) is 0.333. The van der Waals surface area contributed by atoms with Gasteiger partial charge in [0.1, 0.15) is 11.9 Å². The van der Waals surface area contributed by atoms with Gasteiger partial charge in [-0.25, -0.2) is 9.18 Å². The minimum absolute atomic E-state index is 0.0191. The summed E-state index contributed by atoms with van der Waals surface area (Å²) >= 11 is 0. The quantitative estimate of drug-likeness (QED) is 0.834. The van der Waals surface area contributed by atoms with Crippen molar-refractivity contribution in [2.24, 2.45) is 0 Å². The highest BCUT2D eigenvalue weighted by Crippen LogP contribution is 2.28. The van der Waals surface area contributed by atoms with E-state index >= 15 is 0 Å². The molecule has 0 spiro atoms. The topological polar surface area (TPSA) is 43.9 Å². The van der Waals surface area contributed by atoms with Crippen molar-refractivity contribution in [1.82, 2.24) is 14.7 Å². The number of likely N-dealkylation sites (N-methyl/N-ethyl adjacent to an activating group) is 1. The molecule has 0 N–H and O–H groups in total. The van der Waals surface area contributed by atoms with E-state index in [4.69, 9.17) is 0 Å². The predicted octanol–water partition coefficient (Wildman–Crippen LogP) is 2.52. The van der Waals surface area contributed by atoms with Gasteiger partial charge < -0.3 is 14.7 Å². The molecule has 2 aliphatic rings. The van der Waals surface area contributed by atoms with Gasteiger partial charge in [-0.2, -0.15) is 0 Å². The third-order valence-corrected chi connectivity index (χ3v) is 5.36. The van der Waals surface area contributed by atoms with Crippen LogP contribution in [0.1, 0.15) is 11.1 Å². The maximum absolute atomic E-state index is 13.1. The molecule has 0 aliphatic carbocycles. The molecule has 5 nitrogen and oxygen atoms in total.